The fourth-order valence-corrected chi connectivity index (χ4v) is 3.64. The Morgan fingerprint density at radius 1 is 1.19 bits per heavy atom. The van der Waals surface area contributed by atoms with Crippen molar-refractivity contribution in [2.75, 3.05) is 6.61 Å². The summed E-state index contributed by atoms with van der Waals surface area (Å²) < 4.78 is 7.12. The van der Waals surface area contributed by atoms with E-state index in [-0.39, 0.29) is 5.91 Å². The number of carbonyl (C=O) groups excluding carboxylic acids is 1. The Labute approximate surface area is 162 Å². The molecule has 5 nitrogen and oxygen atoms in total. The van der Waals surface area contributed by atoms with E-state index < -0.39 is 0 Å². The van der Waals surface area contributed by atoms with Crippen LogP contribution in [0.2, 0.25) is 0 Å². The number of ether oxygens (including phenoxy) is 1. The van der Waals surface area contributed by atoms with E-state index in [9.17, 15) is 4.79 Å². The van der Waals surface area contributed by atoms with Crippen LogP contribution in [-0.4, -0.2) is 27.3 Å². The monoisotopic (exact) mass is 369 g/mol. The maximum absolute atomic E-state index is 12.9. The highest BCUT2D eigenvalue weighted by Crippen LogP contribution is 2.29. The minimum atomic E-state index is 0.00862. The number of carbonyl (C=O) groups is 1. The van der Waals surface area contributed by atoms with Crippen LogP contribution >= 0.6 is 0 Å². The summed E-state index contributed by atoms with van der Waals surface area (Å²) in [5, 5.41) is 4.38. The quantitative estimate of drug-likeness (QED) is 0.563. The number of rotatable bonds is 9. The van der Waals surface area contributed by atoms with Gasteiger partial charge in [0.2, 0.25) is 5.91 Å². The molecule has 0 spiro atoms. The zero-order valence-corrected chi connectivity index (χ0v) is 16.6. The average Bonchev–Trinajstić information content (AvgIpc) is 3.36. The van der Waals surface area contributed by atoms with E-state index >= 15 is 0 Å². The van der Waals surface area contributed by atoms with Gasteiger partial charge in [-0.1, -0.05) is 70.2 Å². The van der Waals surface area contributed by atoms with E-state index in [4.69, 9.17) is 4.74 Å². The molecule has 0 N–H and O–H groups in total. The number of hydrogen-bond donors (Lipinski definition) is 0. The highest BCUT2D eigenvalue weighted by Gasteiger charge is 2.21. The first-order valence-electron chi connectivity index (χ1n) is 10.4. The molecule has 0 unspecified atom stereocenters. The van der Waals surface area contributed by atoms with Crippen molar-refractivity contribution in [1.29, 1.82) is 0 Å². The first-order valence-corrected chi connectivity index (χ1v) is 10.4. The molecule has 146 valence electrons. The van der Waals surface area contributed by atoms with Crippen molar-refractivity contribution in [3.63, 3.8) is 0 Å². The number of hydrogen-bond acceptors (Lipinski definition) is 4. The molecular formula is C22H31N3O2. The zero-order chi connectivity index (χ0) is 19.1. The van der Waals surface area contributed by atoms with Crippen LogP contribution in [0.5, 0.6) is 6.01 Å². The molecule has 2 aromatic rings. The topological polar surface area (TPSA) is 57.0 Å². The number of aryl methyl sites for hydroxylation is 1. The predicted molar refractivity (Wildman–Crippen MR) is 107 cm³/mol. The summed E-state index contributed by atoms with van der Waals surface area (Å²) in [7, 11) is 0. The molecule has 0 atom stereocenters. The average molecular weight is 370 g/mol. The molecule has 1 saturated carbocycles. The molecule has 1 aliphatic rings. The van der Waals surface area contributed by atoms with Crippen LogP contribution < -0.4 is 4.74 Å². The first-order chi connectivity index (χ1) is 13.2. The Hall–Kier alpha value is -2.17. The van der Waals surface area contributed by atoms with Gasteiger partial charge in [-0.25, -0.2) is 0 Å². The van der Waals surface area contributed by atoms with Crippen LogP contribution in [0.3, 0.4) is 0 Å². The Balaban J connectivity index is 1.78. The lowest BCUT2D eigenvalue weighted by atomic mass is 10.0. The van der Waals surface area contributed by atoms with Gasteiger partial charge in [0.1, 0.15) is 0 Å². The molecule has 3 rings (SSSR count). The molecule has 27 heavy (non-hydrogen) atoms. The maximum atomic E-state index is 12.9. The van der Waals surface area contributed by atoms with E-state index in [1.54, 1.807) is 0 Å². The van der Waals surface area contributed by atoms with Gasteiger partial charge in [-0.15, -0.1) is 5.10 Å². The fourth-order valence-electron chi connectivity index (χ4n) is 3.64. The van der Waals surface area contributed by atoms with Gasteiger partial charge >= 0.3 is 6.01 Å². The number of unbranched alkanes of at least 4 members (excludes halogenated alkanes) is 1. The van der Waals surface area contributed by atoms with E-state index in [0.29, 0.717) is 30.8 Å². The Kier molecular flexibility index (Phi) is 7.02. The van der Waals surface area contributed by atoms with Gasteiger partial charge in [0, 0.05) is 12.0 Å². The smallest absolute Gasteiger partial charge is 0.336 e. The van der Waals surface area contributed by atoms with Gasteiger partial charge in [0.05, 0.1) is 6.61 Å². The van der Waals surface area contributed by atoms with E-state index in [1.807, 2.05) is 12.1 Å². The summed E-state index contributed by atoms with van der Waals surface area (Å²) in [4.78, 5) is 17.4. The minimum Gasteiger partial charge on any atom is -0.462 e. The highest BCUT2D eigenvalue weighted by molar-refractivity contribution is 5.82. The normalized spacial score (nSPS) is 14.6. The summed E-state index contributed by atoms with van der Waals surface area (Å²) in [5.74, 6) is 1.28. The second kappa shape index (κ2) is 9.67. The van der Waals surface area contributed by atoms with Crippen LogP contribution in [0.25, 0.3) is 11.4 Å². The van der Waals surface area contributed by atoms with Crippen molar-refractivity contribution in [1.82, 2.24) is 14.8 Å². The van der Waals surface area contributed by atoms with Crippen LogP contribution in [0.4, 0.5) is 0 Å². The summed E-state index contributed by atoms with van der Waals surface area (Å²) in [5.41, 5.74) is 2.16. The molecule has 1 heterocycles. The summed E-state index contributed by atoms with van der Waals surface area (Å²) in [6.07, 6.45) is 9.54. The van der Waals surface area contributed by atoms with Crippen molar-refractivity contribution in [3.05, 3.63) is 29.8 Å². The van der Waals surface area contributed by atoms with Crippen molar-refractivity contribution in [2.45, 2.75) is 71.6 Å². The first kappa shape index (κ1) is 19.6. The third-order valence-electron chi connectivity index (χ3n) is 5.41. The van der Waals surface area contributed by atoms with Gasteiger partial charge in [0.25, 0.3) is 0 Å². The van der Waals surface area contributed by atoms with E-state index in [1.165, 1.54) is 35.9 Å². The summed E-state index contributed by atoms with van der Waals surface area (Å²) >= 11 is 0. The van der Waals surface area contributed by atoms with Gasteiger partial charge in [0.15, 0.2) is 5.82 Å². The second-order valence-corrected chi connectivity index (χ2v) is 7.47. The molecule has 1 aliphatic carbocycles. The van der Waals surface area contributed by atoms with Crippen LogP contribution in [0.15, 0.2) is 24.3 Å². The Morgan fingerprint density at radius 2 is 1.93 bits per heavy atom. The molecule has 1 aromatic carbocycles. The molecule has 1 fully saturated rings. The maximum Gasteiger partial charge on any atom is 0.336 e. The SMILES string of the molecule is CCCCOc1nc(-c2ccc(CC)cc2)n(C(=O)CCC2CCCC2)n1. The summed E-state index contributed by atoms with van der Waals surface area (Å²) in [6.45, 7) is 4.82. The van der Waals surface area contributed by atoms with E-state index in [2.05, 4.69) is 36.1 Å². The molecular weight excluding hydrogens is 338 g/mol. The number of aromatic nitrogens is 3. The predicted octanol–water partition coefficient (Wildman–Crippen LogP) is 5.30. The lowest BCUT2D eigenvalue weighted by Crippen LogP contribution is -2.15. The lowest BCUT2D eigenvalue weighted by molar-refractivity contribution is 0.0877. The van der Waals surface area contributed by atoms with Gasteiger partial charge < -0.3 is 4.74 Å². The standard InChI is InChI=1S/C22H31N3O2/c1-3-5-16-27-22-23-21(19-13-10-17(4-2)11-14-19)25(24-22)20(26)15-12-18-8-6-7-9-18/h10-11,13-14,18H,3-9,12,15-16H2,1-2H3. The van der Waals surface area contributed by atoms with Crippen molar-refractivity contribution < 1.29 is 9.53 Å². The van der Waals surface area contributed by atoms with Gasteiger partial charge in [-0.05, 0) is 30.7 Å². The van der Waals surface area contributed by atoms with E-state index in [0.717, 1.165) is 31.2 Å². The van der Waals surface area contributed by atoms with Crippen molar-refractivity contribution in [2.24, 2.45) is 5.92 Å². The van der Waals surface area contributed by atoms with Gasteiger partial charge in [-0.3, -0.25) is 4.79 Å². The van der Waals surface area contributed by atoms with Crippen LogP contribution in [0.1, 0.15) is 75.6 Å². The molecule has 0 bridgehead atoms. The zero-order valence-electron chi connectivity index (χ0n) is 16.6. The molecule has 0 saturated heterocycles. The molecule has 0 aliphatic heterocycles. The van der Waals surface area contributed by atoms with Crippen molar-refractivity contribution in [3.8, 4) is 17.4 Å². The third kappa shape index (κ3) is 5.18. The molecule has 1 aromatic heterocycles. The Bertz CT molecular complexity index is 731. The largest absolute Gasteiger partial charge is 0.462 e. The highest BCUT2D eigenvalue weighted by atomic mass is 16.5. The minimum absolute atomic E-state index is 0.00862. The van der Waals surface area contributed by atoms with Crippen LogP contribution in [-0.2, 0) is 6.42 Å². The second-order valence-electron chi connectivity index (χ2n) is 7.47. The fraction of sp³-hybridized carbons (Fsp3) is 0.591. The third-order valence-corrected chi connectivity index (χ3v) is 5.41. The molecule has 0 radical (unpaired) electrons. The Morgan fingerprint density at radius 3 is 2.59 bits per heavy atom. The van der Waals surface area contributed by atoms with Crippen LogP contribution in [0, 0.1) is 5.92 Å². The lowest BCUT2D eigenvalue weighted by Gasteiger charge is -2.09. The van der Waals surface area contributed by atoms with Crippen molar-refractivity contribution >= 4 is 5.91 Å². The molecule has 0 amide bonds. The van der Waals surface area contributed by atoms with Gasteiger partial charge in [-0.2, -0.15) is 9.67 Å². The summed E-state index contributed by atoms with van der Waals surface area (Å²) in [6, 6.07) is 8.48. The number of benzene rings is 1. The molecule has 5 heteroatoms. The number of nitrogens with zero attached hydrogens (tertiary/aromatic N) is 3.